The smallest absolute Gasteiger partial charge is 0.139 e. The van der Waals surface area contributed by atoms with Gasteiger partial charge in [-0.05, 0) is 62.7 Å². The minimum absolute atomic E-state index is 0.402. The maximum absolute atomic E-state index is 12.7. The van der Waals surface area contributed by atoms with E-state index in [1.165, 1.54) is 51.4 Å². The molecule has 3 atom stereocenters. The van der Waals surface area contributed by atoms with Gasteiger partial charge in [0.05, 0.1) is 0 Å². The van der Waals surface area contributed by atoms with Crippen molar-refractivity contribution in [1.29, 1.82) is 0 Å². The molecule has 2 fully saturated rings. The second-order valence-corrected chi connectivity index (χ2v) is 7.37. The van der Waals surface area contributed by atoms with Crippen molar-refractivity contribution in [2.45, 2.75) is 78.6 Å². The fourth-order valence-electron chi connectivity index (χ4n) is 4.28. The van der Waals surface area contributed by atoms with E-state index in [1.807, 2.05) is 0 Å². The van der Waals surface area contributed by atoms with Crippen LogP contribution in [0.5, 0.6) is 0 Å². The molecule has 0 N–H and O–H groups in total. The van der Waals surface area contributed by atoms with Crippen molar-refractivity contribution < 1.29 is 4.79 Å². The molecule has 2 aliphatic carbocycles. The molecule has 1 heteroatoms. The Labute approximate surface area is 119 Å². The Bertz CT molecular complexity index is 288. The topological polar surface area (TPSA) is 17.1 Å². The molecule has 110 valence electrons. The van der Waals surface area contributed by atoms with Crippen molar-refractivity contribution in [3.8, 4) is 0 Å². The SMILES string of the molecule is CCCC1CCC(C(=O)C2CCC(C)C(C)C2)CC1. The number of carbonyl (C=O) groups is 1. The number of Topliss-reactive ketones (excluding diaryl/α,β-unsaturated/α-hetero) is 1. The number of rotatable bonds is 4. The van der Waals surface area contributed by atoms with Gasteiger partial charge in [-0.25, -0.2) is 0 Å². The number of hydrogen-bond acceptors (Lipinski definition) is 1. The molecule has 0 bridgehead atoms. The van der Waals surface area contributed by atoms with Gasteiger partial charge in [-0.2, -0.15) is 0 Å². The Morgan fingerprint density at radius 3 is 2.11 bits per heavy atom. The average molecular weight is 264 g/mol. The van der Waals surface area contributed by atoms with Gasteiger partial charge in [0.25, 0.3) is 0 Å². The molecule has 0 heterocycles. The molecule has 2 rings (SSSR count). The zero-order chi connectivity index (χ0) is 13.8. The number of ketones is 1. The van der Waals surface area contributed by atoms with E-state index in [0.29, 0.717) is 17.6 Å². The number of hydrogen-bond donors (Lipinski definition) is 0. The minimum Gasteiger partial charge on any atom is -0.299 e. The average Bonchev–Trinajstić information content (AvgIpc) is 2.42. The van der Waals surface area contributed by atoms with Crippen LogP contribution in [0.4, 0.5) is 0 Å². The van der Waals surface area contributed by atoms with E-state index in [1.54, 1.807) is 0 Å². The molecule has 19 heavy (non-hydrogen) atoms. The van der Waals surface area contributed by atoms with Gasteiger partial charge >= 0.3 is 0 Å². The molecular weight excluding hydrogens is 232 g/mol. The van der Waals surface area contributed by atoms with E-state index in [-0.39, 0.29) is 0 Å². The lowest BCUT2D eigenvalue weighted by molar-refractivity contribution is -0.129. The first-order chi connectivity index (χ1) is 9.11. The summed E-state index contributed by atoms with van der Waals surface area (Å²) in [5.41, 5.74) is 0. The Morgan fingerprint density at radius 2 is 1.53 bits per heavy atom. The van der Waals surface area contributed by atoms with Gasteiger partial charge in [0, 0.05) is 11.8 Å². The summed E-state index contributed by atoms with van der Waals surface area (Å²) in [5, 5.41) is 0. The minimum atomic E-state index is 0.402. The van der Waals surface area contributed by atoms with E-state index >= 15 is 0 Å². The highest BCUT2D eigenvalue weighted by Crippen LogP contribution is 2.39. The predicted molar refractivity (Wildman–Crippen MR) is 81.0 cm³/mol. The van der Waals surface area contributed by atoms with Crippen molar-refractivity contribution in [1.82, 2.24) is 0 Å². The third kappa shape index (κ3) is 3.83. The normalized spacial score (nSPS) is 40.1. The van der Waals surface area contributed by atoms with Gasteiger partial charge < -0.3 is 0 Å². The van der Waals surface area contributed by atoms with Crippen LogP contribution in [0, 0.1) is 29.6 Å². The quantitative estimate of drug-likeness (QED) is 0.679. The predicted octanol–water partition coefficient (Wildman–Crippen LogP) is 5.23. The lowest BCUT2D eigenvalue weighted by atomic mass is 9.69. The van der Waals surface area contributed by atoms with E-state index in [4.69, 9.17) is 0 Å². The highest BCUT2D eigenvalue weighted by molar-refractivity contribution is 5.83. The first-order valence-corrected chi connectivity index (χ1v) is 8.65. The molecule has 0 radical (unpaired) electrons. The van der Waals surface area contributed by atoms with Crippen molar-refractivity contribution in [3.63, 3.8) is 0 Å². The van der Waals surface area contributed by atoms with Crippen LogP contribution in [0.2, 0.25) is 0 Å². The summed E-state index contributed by atoms with van der Waals surface area (Å²) in [5.74, 6) is 3.94. The molecule has 2 saturated carbocycles. The Morgan fingerprint density at radius 1 is 0.895 bits per heavy atom. The zero-order valence-electron chi connectivity index (χ0n) is 13.2. The molecule has 0 spiro atoms. The molecule has 2 aliphatic rings. The van der Waals surface area contributed by atoms with Crippen LogP contribution < -0.4 is 0 Å². The lowest BCUT2D eigenvalue weighted by Crippen LogP contribution is -2.32. The summed E-state index contributed by atoms with van der Waals surface area (Å²) in [4.78, 5) is 12.7. The van der Waals surface area contributed by atoms with E-state index in [9.17, 15) is 4.79 Å². The maximum atomic E-state index is 12.7. The fourth-order valence-corrected chi connectivity index (χ4v) is 4.28. The fraction of sp³-hybridized carbons (Fsp3) is 0.944. The maximum Gasteiger partial charge on any atom is 0.139 e. The Balaban J connectivity index is 1.81. The molecule has 0 aliphatic heterocycles. The molecule has 0 saturated heterocycles. The van der Waals surface area contributed by atoms with Crippen molar-refractivity contribution in [2.75, 3.05) is 0 Å². The standard InChI is InChI=1S/C18H32O/c1-4-5-15-7-10-16(11-8-15)18(19)17-9-6-13(2)14(3)12-17/h13-17H,4-12H2,1-3H3. The highest BCUT2D eigenvalue weighted by atomic mass is 16.1. The zero-order valence-corrected chi connectivity index (χ0v) is 13.2. The summed E-state index contributed by atoms with van der Waals surface area (Å²) in [7, 11) is 0. The monoisotopic (exact) mass is 264 g/mol. The first-order valence-electron chi connectivity index (χ1n) is 8.65. The Kier molecular flexibility index (Phi) is 5.47. The van der Waals surface area contributed by atoms with Gasteiger partial charge in [0.1, 0.15) is 5.78 Å². The summed E-state index contributed by atoms with van der Waals surface area (Å²) < 4.78 is 0. The summed E-state index contributed by atoms with van der Waals surface area (Å²) in [6, 6.07) is 0. The van der Waals surface area contributed by atoms with Crippen LogP contribution in [0.15, 0.2) is 0 Å². The van der Waals surface area contributed by atoms with Crippen LogP contribution in [-0.4, -0.2) is 5.78 Å². The van der Waals surface area contributed by atoms with Crippen molar-refractivity contribution in [3.05, 3.63) is 0 Å². The summed E-state index contributed by atoms with van der Waals surface area (Å²) in [6.07, 6.45) is 11.3. The molecule has 0 aromatic heterocycles. The highest BCUT2D eigenvalue weighted by Gasteiger charge is 2.34. The van der Waals surface area contributed by atoms with E-state index < -0.39 is 0 Å². The second kappa shape index (κ2) is 6.90. The largest absolute Gasteiger partial charge is 0.299 e. The molecule has 1 nitrogen and oxygen atoms in total. The van der Waals surface area contributed by atoms with Crippen LogP contribution in [-0.2, 0) is 4.79 Å². The summed E-state index contributed by atoms with van der Waals surface area (Å²) >= 11 is 0. The van der Waals surface area contributed by atoms with Crippen molar-refractivity contribution >= 4 is 5.78 Å². The third-order valence-electron chi connectivity index (χ3n) is 5.95. The molecule has 3 unspecified atom stereocenters. The second-order valence-electron chi connectivity index (χ2n) is 7.37. The molecule has 0 aromatic carbocycles. The van der Waals surface area contributed by atoms with Crippen LogP contribution >= 0.6 is 0 Å². The summed E-state index contributed by atoms with van der Waals surface area (Å²) in [6.45, 7) is 6.96. The van der Waals surface area contributed by atoms with Gasteiger partial charge in [-0.3, -0.25) is 4.79 Å². The van der Waals surface area contributed by atoms with E-state index in [2.05, 4.69) is 20.8 Å². The molecule has 0 aromatic rings. The lowest BCUT2D eigenvalue weighted by Gasteiger charge is -2.35. The molecule has 0 amide bonds. The van der Waals surface area contributed by atoms with Crippen molar-refractivity contribution in [2.24, 2.45) is 29.6 Å². The van der Waals surface area contributed by atoms with Crippen LogP contribution in [0.1, 0.15) is 78.6 Å². The number of carbonyl (C=O) groups excluding carboxylic acids is 1. The van der Waals surface area contributed by atoms with Crippen LogP contribution in [0.3, 0.4) is 0 Å². The van der Waals surface area contributed by atoms with Gasteiger partial charge in [-0.15, -0.1) is 0 Å². The van der Waals surface area contributed by atoms with Gasteiger partial charge in [0.2, 0.25) is 0 Å². The third-order valence-corrected chi connectivity index (χ3v) is 5.95. The Hall–Kier alpha value is -0.330. The van der Waals surface area contributed by atoms with Crippen LogP contribution in [0.25, 0.3) is 0 Å². The van der Waals surface area contributed by atoms with E-state index in [0.717, 1.165) is 24.2 Å². The molecular formula is C18H32O. The van der Waals surface area contributed by atoms with Gasteiger partial charge in [0.15, 0.2) is 0 Å². The van der Waals surface area contributed by atoms with Gasteiger partial charge in [-0.1, -0.05) is 33.6 Å². The first kappa shape index (κ1) is 15.1.